The third-order valence-corrected chi connectivity index (χ3v) is 6.63. The summed E-state index contributed by atoms with van der Waals surface area (Å²) in [7, 11) is 0. The van der Waals surface area contributed by atoms with E-state index >= 15 is 0 Å². The van der Waals surface area contributed by atoms with Crippen molar-refractivity contribution in [1.29, 1.82) is 0 Å². The van der Waals surface area contributed by atoms with Gasteiger partial charge < -0.3 is 40.0 Å². The summed E-state index contributed by atoms with van der Waals surface area (Å²) in [6.07, 6.45) is -3.06. The number of aromatic amines is 1. The van der Waals surface area contributed by atoms with Crippen molar-refractivity contribution in [3.05, 3.63) is 65.4 Å². The smallest absolute Gasteiger partial charge is 0.343 e. The molecule has 0 aliphatic carbocycles. The Morgan fingerprint density at radius 3 is 2.57 bits per heavy atom. The Kier molecular flexibility index (Phi) is 7.27. The van der Waals surface area contributed by atoms with Crippen LogP contribution in [0.2, 0.25) is 0 Å². The minimum absolute atomic E-state index is 0.0190. The summed E-state index contributed by atoms with van der Waals surface area (Å²) in [6.45, 7) is 3.28. The highest BCUT2D eigenvalue weighted by Crippen LogP contribution is 2.34. The largest absolute Gasteiger partial charge is 0.422 e. The van der Waals surface area contributed by atoms with Crippen LogP contribution in [0.15, 0.2) is 48.7 Å². The van der Waals surface area contributed by atoms with E-state index in [1.54, 1.807) is 0 Å². The van der Waals surface area contributed by atoms with E-state index in [4.69, 9.17) is 9.47 Å². The van der Waals surface area contributed by atoms with Crippen molar-refractivity contribution in [1.82, 2.24) is 4.98 Å². The lowest BCUT2D eigenvalue weighted by molar-refractivity contribution is -0.246. The average molecular weight is 486 g/mol. The molecule has 2 aromatic carbocycles. The molecule has 3 aromatic rings. The number of aliphatic hydroxyl groups is 5. The van der Waals surface area contributed by atoms with Gasteiger partial charge in [-0.2, -0.15) is 0 Å². The number of nitrogens with one attached hydrogen (secondary N) is 1. The maximum absolute atomic E-state index is 12.7. The quantitative estimate of drug-likeness (QED) is 0.262. The first kappa shape index (κ1) is 25.3. The molecule has 2 heterocycles. The Labute approximate surface area is 202 Å². The molecule has 5 atom stereocenters. The number of esters is 1. The highest BCUT2D eigenvalue weighted by molar-refractivity contribution is 5.90. The van der Waals surface area contributed by atoms with E-state index in [-0.39, 0.29) is 18.3 Å². The molecular weight excluding hydrogens is 454 g/mol. The summed E-state index contributed by atoms with van der Waals surface area (Å²) in [5, 5.41) is 49.5. The van der Waals surface area contributed by atoms with Crippen LogP contribution in [-0.2, 0) is 22.6 Å². The lowest BCUT2D eigenvalue weighted by Crippen LogP contribution is -2.46. The molecule has 1 saturated heterocycles. The van der Waals surface area contributed by atoms with Crippen LogP contribution in [-0.4, -0.2) is 67.2 Å². The highest BCUT2D eigenvalue weighted by Gasteiger charge is 2.56. The van der Waals surface area contributed by atoms with Crippen molar-refractivity contribution in [2.45, 2.75) is 56.9 Å². The van der Waals surface area contributed by atoms with E-state index in [0.29, 0.717) is 11.3 Å². The Morgan fingerprint density at radius 2 is 1.91 bits per heavy atom. The summed E-state index contributed by atoms with van der Waals surface area (Å²) >= 11 is 0. The lowest BCUT2D eigenvalue weighted by Gasteiger charge is -2.22. The van der Waals surface area contributed by atoms with Crippen molar-refractivity contribution in [3.63, 3.8) is 0 Å². The summed E-state index contributed by atoms with van der Waals surface area (Å²) in [5.74, 6) is -2.71. The first-order valence-corrected chi connectivity index (χ1v) is 11.6. The van der Waals surface area contributed by atoms with Gasteiger partial charge in [-0.1, -0.05) is 44.2 Å². The summed E-state index contributed by atoms with van der Waals surface area (Å²) in [6, 6.07) is 13.7. The molecule has 1 aromatic heterocycles. The second-order valence-corrected chi connectivity index (χ2v) is 9.39. The summed E-state index contributed by atoms with van der Waals surface area (Å²) in [4.78, 5) is 15.7. The van der Waals surface area contributed by atoms with Crippen LogP contribution in [0.4, 0.5) is 0 Å². The zero-order chi connectivity index (χ0) is 25.3. The van der Waals surface area contributed by atoms with Crippen LogP contribution in [0.3, 0.4) is 0 Å². The average Bonchev–Trinajstić information content (AvgIpc) is 3.36. The van der Waals surface area contributed by atoms with Crippen LogP contribution in [0, 0.1) is 5.92 Å². The molecule has 4 rings (SSSR count). The molecule has 0 spiro atoms. The highest BCUT2D eigenvalue weighted by atomic mass is 16.7. The fourth-order valence-electron chi connectivity index (χ4n) is 4.54. The number of benzene rings is 2. The Hall–Kier alpha value is -2.79. The Bertz CT molecular complexity index is 1190. The number of fused-ring (bicyclic) bond motifs is 1. The van der Waals surface area contributed by atoms with Gasteiger partial charge in [0.05, 0.1) is 13.2 Å². The van der Waals surface area contributed by atoms with Gasteiger partial charge in [-0.15, -0.1) is 0 Å². The van der Waals surface area contributed by atoms with Crippen LogP contribution >= 0.6 is 0 Å². The Balaban J connectivity index is 1.56. The van der Waals surface area contributed by atoms with Gasteiger partial charge in [-0.3, -0.25) is 0 Å². The minimum Gasteiger partial charge on any atom is -0.422 e. The van der Waals surface area contributed by atoms with Crippen molar-refractivity contribution < 1.29 is 39.8 Å². The number of carbonyl (C=O) groups is 1. The maximum atomic E-state index is 12.7. The molecule has 0 bridgehead atoms. The molecule has 35 heavy (non-hydrogen) atoms. The first-order valence-electron chi connectivity index (χ1n) is 11.6. The zero-order valence-corrected chi connectivity index (χ0v) is 19.6. The van der Waals surface area contributed by atoms with E-state index in [9.17, 15) is 30.3 Å². The molecule has 0 amide bonds. The van der Waals surface area contributed by atoms with E-state index < -0.39 is 36.7 Å². The second-order valence-electron chi connectivity index (χ2n) is 9.39. The first-order chi connectivity index (χ1) is 16.7. The van der Waals surface area contributed by atoms with Crippen molar-refractivity contribution >= 4 is 16.9 Å². The van der Waals surface area contributed by atoms with Gasteiger partial charge in [0.1, 0.15) is 12.2 Å². The molecule has 1 aliphatic heterocycles. The molecule has 188 valence electrons. The van der Waals surface area contributed by atoms with Crippen molar-refractivity contribution in [2.75, 3.05) is 6.61 Å². The van der Waals surface area contributed by atoms with Gasteiger partial charge >= 0.3 is 5.97 Å². The molecule has 5 unspecified atom stereocenters. The number of hydrogen-bond donors (Lipinski definition) is 6. The van der Waals surface area contributed by atoms with Gasteiger partial charge in [0.15, 0.2) is 11.9 Å². The van der Waals surface area contributed by atoms with Gasteiger partial charge in [-0.25, -0.2) is 4.79 Å². The molecule has 1 aliphatic rings. The number of rotatable bonds is 8. The van der Waals surface area contributed by atoms with Gasteiger partial charge in [0.25, 0.3) is 0 Å². The monoisotopic (exact) mass is 485 g/mol. The van der Waals surface area contributed by atoms with Gasteiger partial charge in [0.2, 0.25) is 5.79 Å². The number of ether oxygens (including phenoxy) is 2. The standard InChI is InChI=1S/C26H31NO8/c1-14(2)18(17-5-3-4-16(8-17)12-28)9-15-6-7-20-19(10-15)21(11-27-20)34-25(32)23-22(30)24(31)26(33,13-29)35-23/h3-8,10-11,14,18,22-24,27-31,33H,9,12-13H2,1-2H3. The molecular formula is C26H31NO8. The molecule has 1 fully saturated rings. The Morgan fingerprint density at radius 1 is 1.14 bits per heavy atom. The SMILES string of the molecule is CC(C)C(Cc1ccc2[nH]cc(OC(=O)C3OC(O)(CO)C(O)C3O)c2c1)c1cccc(CO)c1. The lowest BCUT2D eigenvalue weighted by atomic mass is 9.83. The third-order valence-electron chi connectivity index (χ3n) is 6.63. The zero-order valence-electron chi connectivity index (χ0n) is 19.6. The fourth-order valence-corrected chi connectivity index (χ4v) is 4.54. The summed E-state index contributed by atoms with van der Waals surface area (Å²) < 4.78 is 10.5. The van der Waals surface area contributed by atoms with E-state index in [2.05, 4.69) is 24.9 Å². The number of H-pyrrole nitrogens is 1. The predicted molar refractivity (Wildman–Crippen MR) is 127 cm³/mol. The van der Waals surface area contributed by atoms with Crippen LogP contribution in [0.5, 0.6) is 5.75 Å². The molecule has 6 N–H and O–H groups in total. The topological polar surface area (TPSA) is 152 Å². The van der Waals surface area contributed by atoms with Crippen molar-refractivity contribution in [3.8, 4) is 5.75 Å². The van der Waals surface area contributed by atoms with Crippen LogP contribution < -0.4 is 4.74 Å². The van der Waals surface area contributed by atoms with E-state index in [1.807, 2.05) is 36.4 Å². The van der Waals surface area contributed by atoms with Crippen LogP contribution in [0.25, 0.3) is 10.9 Å². The van der Waals surface area contributed by atoms with E-state index in [0.717, 1.165) is 28.6 Å². The number of hydrogen-bond acceptors (Lipinski definition) is 8. The minimum atomic E-state index is -2.45. The van der Waals surface area contributed by atoms with Crippen molar-refractivity contribution in [2.24, 2.45) is 5.92 Å². The molecule has 0 radical (unpaired) electrons. The number of aromatic nitrogens is 1. The predicted octanol–water partition coefficient (Wildman–Crippen LogP) is 1.35. The maximum Gasteiger partial charge on any atom is 0.343 e. The van der Waals surface area contributed by atoms with E-state index in [1.165, 1.54) is 6.20 Å². The second kappa shape index (κ2) is 10.1. The van der Waals surface area contributed by atoms with Gasteiger partial charge in [-0.05, 0) is 47.1 Å². The number of aliphatic hydroxyl groups excluding tert-OH is 4. The van der Waals surface area contributed by atoms with Gasteiger partial charge in [0, 0.05) is 17.1 Å². The fraction of sp³-hybridized carbons (Fsp3) is 0.423. The van der Waals surface area contributed by atoms with Crippen LogP contribution in [0.1, 0.15) is 36.5 Å². The molecule has 9 nitrogen and oxygen atoms in total. The normalized spacial score (nSPS) is 25.3. The molecule has 9 heteroatoms. The third kappa shape index (κ3) is 4.97. The summed E-state index contributed by atoms with van der Waals surface area (Å²) in [5.41, 5.74) is 3.75. The number of carbonyl (C=O) groups excluding carboxylic acids is 1. The molecule has 0 saturated carbocycles.